The van der Waals surface area contributed by atoms with Crippen molar-refractivity contribution in [2.45, 2.75) is 96.3 Å². The molecule has 194 valence electrons. The highest BCUT2D eigenvalue weighted by molar-refractivity contribution is 9.09. The van der Waals surface area contributed by atoms with Crippen molar-refractivity contribution in [3.05, 3.63) is 23.9 Å². The monoisotopic (exact) mass is 536 g/mol. The van der Waals surface area contributed by atoms with Gasteiger partial charge in [-0.25, -0.2) is 4.98 Å². The van der Waals surface area contributed by atoms with Gasteiger partial charge in [-0.3, -0.25) is 4.79 Å². The molecule has 5 nitrogen and oxygen atoms in total. The first kappa shape index (κ1) is 29.1. The minimum Gasteiger partial charge on any atom is -0.354 e. The van der Waals surface area contributed by atoms with E-state index < -0.39 is 0 Å². The van der Waals surface area contributed by atoms with Crippen LogP contribution < -0.4 is 10.2 Å². The van der Waals surface area contributed by atoms with Crippen LogP contribution in [-0.2, 0) is 0 Å². The zero-order chi connectivity index (χ0) is 24.3. The van der Waals surface area contributed by atoms with E-state index >= 15 is 0 Å². The lowest BCUT2D eigenvalue weighted by atomic mass is 10.0. The molecule has 6 heteroatoms. The summed E-state index contributed by atoms with van der Waals surface area (Å²) in [5.41, 5.74) is 0.660. The first-order valence-electron chi connectivity index (χ1n) is 13.9. The number of aromatic nitrogens is 1. The lowest BCUT2D eigenvalue weighted by Crippen LogP contribution is -2.44. The number of amides is 1. The zero-order valence-electron chi connectivity index (χ0n) is 21.7. The number of hydrogen-bond acceptors (Lipinski definition) is 4. The van der Waals surface area contributed by atoms with E-state index in [4.69, 9.17) is 0 Å². The van der Waals surface area contributed by atoms with Crippen molar-refractivity contribution in [1.29, 1.82) is 0 Å². The first-order chi connectivity index (χ1) is 16.7. The molecule has 1 aliphatic heterocycles. The molecule has 1 aromatic heterocycles. The number of nitrogens with one attached hydrogen (secondary N) is 1. The number of halogens is 1. The van der Waals surface area contributed by atoms with Gasteiger partial charge in [-0.2, -0.15) is 0 Å². The van der Waals surface area contributed by atoms with Crippen LogP contribution in [0.1, 0.15) is 107 Å². The Labute approximate surface area is 217 Å². The lowest BCUT2D eigenvalue weighted by molar-refractivity contribution is 0.0952. The van der Waals surface area contributed by atoms with Gasteiger partial charge in [0.1, 0.15) is 5.82 Å². The zero-order valence-corrected chi connectivity index (χ0v) is 23.3. The molecule has 1 N–H and O–H groups in total. The maximum atomic E-state index is 12.4. The number of piperazine rings is 1. The highest BCUT2D eigenvalue weighted by atomic mass is 79.9. The fourth-order valence-electron chi connectivity index (χ4n) is 4.56. The average molecular weight is 538 g/mol. The number of rotatable bonds is 19. The Morgan fingerprint density at radius 3 is 1.76 bits per heavy atom. The second-order valence-electron chi connectivity index (χ2n) is 9.94. The van der Waals surface area contributed by atoms with Gasteiger partial charge >= 0.3 is 0 Å². The fourth-order valence-corrected chi connectivity index (χ4v) is 4.96. The molecule has 0 radical (unpaired) electrons. The minimum atomic E-state index is -0.00337. The summed E-state index contributed by atoms with van der Waals surface area (Å²) >= 11 is 3.50. The van der Waals surface area contributed by atoms with E-state index in [-0.39, 0.29) is 5.91 Å². The maximum Gasteiger partial charge on any atom is 0.252 e. The normalized spacial score (nSPS) is 14.5. The van der Waals surface area contributed by atoms with Crippen molar-refractivity contribution in [1.82, 2.24) is 15.2 Å². The summed E-state index contributed by atoms with van der Waals surface area (Å²) in [7, 11) is 2.15. The van der Waals surface area contributed by atoms with E-state index in [9.17, 15) is 4.79 Å². The Morgan fingerprint density at radius 1 is 0.794 bits per heavy atom. The number of anilines is 1. The molecule has 0 aliphatic carbocycles. The van der Waals surface area contributed by atoms with Crippen LogP contribution in [0.3, 0.4) is 0 Å². The molecule has 1 fully saturated rings. The highest BCUT2D eigenvalue weighted by Crippen LogP contribution is 2.15. The average Bonchev–Trinajstić information content (AvgIpc) is 2.86. The molecule has 0 aromatic carbocycles. The number of nitrogens with zero attached hydrogens (tertiary/aromatic N) is 3. The third-order valence-corrected chi connectivity index (χ3v) is 7.49. The SMILES string of the molecule is CN1CCN(c2ccc(C(=O)NCCCCCCCCCCCCCCCCCBr)cn2)CC1. The predicted molar refractivity (Wildman–Crippen MR) is 149 cm³/mol. The van der Waals surface area contributed by atoms with Crippen LogP contribution in [0.25, 0.3) is 0 Å². The second-order valence-corrected chi connectivity index (χ2v) is 10.7. The van der Waals surface area contributed by atoms with Gasteiger partial charge in [-0.05, 0) is 32.0 Å². The van der Waals surface area contributed by atoms with Crippen LogP contribution in [0.2, 0.25) is 0 Å². The molecule has 1 aliphatic rings. The van der Waals surface area contributed by atoms with Gasteiger partial charge in [0.05, 0.1) is 5.56 Å². The summed E-state index contributed by atoms with van der Waals surface area (Å²) in [5.74, 6) is 0.970. The minimum absolute atomic E-state index is 0.00337. The number of pyridine rings is 1. The van der Waals surface area contributed by atoms with Gasteiger partial charge in [0.15, 0.2) is 0 Å². The van der Waals surface area contributed by atoms with Gasteiger partial charge in [0.2, 0.25) is 0 Å². The van der Waals surface area contributed by atoms with Crippen LogP contribution in [0.15, 0.2) is 18.3 Å². The first-order valence-corrected chi connectivity index (χ1v) is 15.1. The molecule has 0 atom stereocenters. The van der Waals surface area contributed by atoms with Gasteiger partial charge in [-0.1, -0.05) is 99.4 Å². The number of likely N-dealkylation sites (N-methyl/N-ethyl adjacent to an activating group) is 1. The van der Waals surface area contributed by atoms with Crippen LogP contribution >= 0.6 is 15.9 Å². The summed E-state index contributed by atoms with van der Waals surface area (Å²) in [6.45, 7) is 4.86. The molecular weight excluding hydrogens is 488 g/mol. The molecule has 0 unspecified atom stereocenters. The molecule has 0 saturated carbocycles. The van der Waals surface area contributed by atoms with Crippen molar-refractivity contribution in [3.63, 3.8) is 0 Å². The van der Waals surface area contributed by atoms with Crippen LogP contribution in [0, 0.1) is 0 Å². The van der Waals surface area contributed by atoms with Gasteiger partial charge in [-0.15, -0.1) is 0 Å². The van der Waals surface area contributed by atoms with Crippen molar-refractivity contribution >= 4 is 27.7 Å². The van der Waals surface area contributed by atoms with E-state index in [1.165, 1.54) is 89.9 Å². The second kappa shape index (κ2) is 19.1. The van der Waals surface area contributed by atoms with E-state index in [2.05, 4.69) is 43.1 Å². The molecule has 1 saturated heterocycles. The number of carbonyl (C=O) groups excluding carboxylic acids is 1. The Hall–Kier alpha value is -1.14. The Morgan fingerprint density at radius 2 is 1.29 bits per heavy atom. The van der Waals surface area contributed by atoms with Crippen LogP contribution in [0.5, 0.6) is 0 Å². The molecule has 2 heterocycles. The number of alkyl halides is 1. The summed E-state index contributed by atoms with van der Waals surface area (Å²) in [6, 6.07) is 3.88. The van der Waals surface area contributed by atoms with E-state index in [0.29, 0.717) is 5.56 Å². The Balaban J connectivity index is 1.38. The fraction of sp³-hybridized carbons (Fsp3) is 0.786. The van der Waals surface area contributed by atoms with E-state index in [1.807, 2.05) is 12.1 Å². The Bertz CT molecular complexity index is 632. The summed E-state index contributed by atoms with van der Waals surface area (Å²) in [4.78, 5) is 21.5. The predicted octanol–water partition coefficient (Wildman–Crippen LogP) is 6.81. The standard InChI is InChI=1S/C28H49BrN4O/c1-32-21-23-33(24-22-32)27-18-17-26(25-31-27)28(34)30-20-16-14-12-10-8-6-4-2-3-5-7-9-11-13-15-19-29/h17-18,25H,2-16,19-24H2,1H3,(H,30,34). The molecular formula is C28H49BrN4O. The van der Waals surface area contributed by atoms with E-state index in [1.54, 1.807) is 6.20 Å². The summed E-state index contributed by atoms with van der Waals surface area (Å²) < 4.78 is 0. The lowest BCUT2D eigenvalue weighted by Gasteiger charge is -2.33. The Kier molecular flexibility index (Phi) is 16.3. The molecule has 1 aromatic rings. The molecule has 34 heavy (non-hydrogen) atoms. The summed E-state index contributed by atoms with van der Waals surface area (Å²) in [6.07, 6.45) is 22.0. The van der Waals surface area contributed by atoms with Gasteiger partial charge < -0.3 is 15.1 Å². The van der Waals surface area contributed by atoms with E-state index in [0.717, 1.165) is 50.3 Å². The largest absolute Gasteiger partial charge is 0.354 e. The molecule has 1 amide bonds. The number of unbranched alkanes of at least 4 members (excludes halogenated alkanes) is 14. The quantitative estimate of drug-likeness (QED) is 0.156. The number of carbonyl (C=O) groups is 1. The van der Waals surface area contributed by atoms with Gasteiger partial charge in [0.25, 0.3) is 5.91 Å². The topological polar surface area (TPSA) is 48.5 Å². The number of hydrogen-bond donors (Lipinski definition) is 1. The summed E-state index contributed by atoms with van der Waals surface area (Å²) in [5, 5.41) is 4.21. The molecule has 0 spiro atoms. The third-order valence-electron chi connectivity index (χ3n) is 6.93. The van der Waals surface area contributed by atoms with Crippen molar-refractivity contribution in [2.75, 3.05) is 50.0 Å². The van der Waals surface area contributed by atoms with Gasteiger partial charge in [0, 0.05) is 44.3 Å². The molecule has 2 rings (SSSR count). The smallest absolute Gasteiger partial charge is 0.252 e. The van der Waals surface area contributed by atoms with Crippen LogP contribution in [0.4, 0.5) is 5.82 Å². The third kappa shape index (κ3) is 13.1. The van der Waals surface area contributed by atoms with Crippen LogP contribution in [-0.4, -0.2) is 60.9 Å². The maximum absolute atomic E-state index is 12.4. The van der Waals surface area contributed by atoms with Crippen molar-refractivity contribution in [3.8, 4) is 0 Å². The van der Waals surface area contributed by atoms with Crippen molar-refractivity contribution in [2.24, 2.45) is 0 Å². The highest BCUT2D eigenvalue weighted by Gasteiger charge is 2.15. The molecule has 0 bridgehead atoms. The van der Waals surface area contributed by atoms with Crippen molar-refractivity contribution < 1.29 is 4.79 Å².